The molecule has 114 valence electrons. The first-order valence-electron chi connectivity index (χ1n) is 6.10. The average Bonchev–Trinajstić information content (AvgIpc) is 2.51. The molecule has 0 aliphatic heterocycles. The van der Waals surface area contributed by atoms with Crippen molar-refractivity contribution in [3.8, 4) is 5.75 Å². The molecule has 0 fully saturated rings. The summed E-state index contributed by atoms with van der Waals surface area (Å²) in [7, 11) is 0. The van der Waals surface area contributed by atoms with E-state index in [-0.39, 0.29) is 17.4 Å². The van der Waals surface area contributed by atoms with E-state index in [1.165, 1.54) is 18.0 Å². The van der Waals surface area contributed by atoms with Crippen molar-refractivity contribution in [1.29, 1.82) is 0 Å². The summed E-state index contributed by atoms with van der Waals surface area (Å²) in [5, 5.41) is 14.8. The maximum atomic E-state index is 11.7. The molecule has 8 heteroatoms. The minimum atomic E-state index is -0.271. The van der Waals surface area contributed by atoms with Crippen LogP contribution < -0.4 is 5.43 Å². The lowest BCUT2D eigenvalue weighted by Gasteiger charge is -2.03. The monoisotopic (exact) mass is 399 g/mol. The molecule has 0 unspecified atom stereocenters. The van der Waals surface area contributed by atoms with Crippen LogP contribution in [0.5, 0.6) is 5.75 Å². The van der Waals surface area contributed by atoms with Crippen molar-refractivity contribution in [2.45, 2.75) is 5.03 Å². The molecule has 0 aliphatic rings. The molecule has 0 atom stereocenters. The molecule has 1 heterocycles. The van der Waals surface area contributed by atoms with Crippen LogP contribution in [0.15, 0.2) is 51.1 Å². The quantitative estimate of drug-likeness (QED) is 0.458. The highest BCUT2D eigenvalue weighted by Gasteiger charge is 2.06. The van der Waals surface area contributed by atoms with Crippen LogP contribution in [0.25, 0.3) is 0 Å². The third kappa shape index (κ3) is 5.01. The molecule has 2 rings (SSSR count). The van der Waals surface area contributed by atoms with Crippen molar-refractivity contribution in [3.05, 3.63) is 51.6 Å². The van der Waals surface area contributed by atoms with E-state index in [2.05, 4.69) is 31.4 Å². The summed E-state index contributed by atoms with van der Waals surface area (Å²) in [5.41, 5.74) is 2.78. The molecular weight excluding hydrogens is 390 g/mol. The van der Waals surface area contributed by atoms with E-state index in [1.54, 1.807) is 18.3 Å². The van der Waals surface area contributed by atoms with Gasteiger partial charge in [-0.3, -0.25) is 4.79 Å². The Balaban J connectivity index is 1.88. The number of nitrogens with zero attached hydrogens (tertiary/aromatic N) is 2. The van der Waals surface area contributed by atoms with E-state index in [4.69, 9.17) is 11.6 Å². The smallest absolute Gasteiger partial charge is 0.250 e. The predicted octanol–water partition coefficient (Wildman–Crippen LogP) is 3.45. The van der Waals surface area contributed by atoms with Crippen molar-refractivity contribution < 1.29 is 9.90 Å². The van der Waals surface area contributed by atoms with Gasteiger partial charge in [0.05, 0.1) is 21.5 Å². The summed E-state index contributed by atoms with van der Waals surface area (Å²) in [6, 6.07) is 8.59. The topological polar surface area (TPSA) is 74.6 Å². The van der Waals surface area contributed by atoms with Crippen LogP contribution in [0.4, 0.5) is 0 Å². The number of halogens is 2. The highest BCUT2D eigenvalue weighted by molar-refractivity contribution is 9.10. The van der Waals surface area contributed by atoms with Gasteiger partial charge in [0.1, 0.15) is 5.75 Å². The standard InChI is InChI=1S/C14H11BrClN3O2S/c15-11-6-10(16)5-9(14(11)21)7-18-19-12(20)8-22-13-3-1-2-4-17-13/h1-7,21H,8H2,(H,19,20)/b18-7-. The third-order valence-corrected chi connectivity index (χ3v) is 4.21. The molecule has 0 bridgehead atoms. The Labute approximate surface area is 144 Å². The SMILES string of the molecule is O=C(CSc1ccccn1)N/N=C\c1cc(Cl)cc(Br)c1O. The molecule has 0 saturated heterocycles. The second-order valence-corrected chi connectivity index (χ2v) is 6.36. The van der Waals surface area contributed by atoms with Crippen LogP contribution in [0, 0.1) is 0 Å². The Morgan fingerprint density at radius 1 is 1.50 bits per heavy atom. The minimum absolute atomic E-state index is 0.00487. The van der Waals surface area contributed by atoms with E-state index >= 15 is 0 Å². The van der Waals surface area contributed by atoms with Gasteiger partial charge in [0.15, 0.2) is 0 Å². The number of hydrogen-bond donors (Lipinski definition) is 2. The van der Waals surface area contributed by atoms with Crippen LogP contribution in [0.3, 0.4) is 0 Å². The number of nitrogens with one attached hydrogen (secondary N) is 1. The number of pyridine rings is 1. The molecule has 22 heavy (non-hydrogen) atoms. The summed E-state index contributed by atoms with van der Waals surface area (Å²) in [4.78, 5) is 15.8. The molecular formula is C14H11BrClN3O2S. The van der Waals surface area contributed by atoms with E-state index in [0.29, 0.717) is 15.1 Å². The molecule has 0 radical (unpaired) electrons. The van der Waals surface area contributed by atoms with Gasteiger partial charge < -0.3 is 5.11 Å². The number of hydrogen-bond acceptors (Lipinski definition) is 5. The fourth-order valence-electron chi connectivity index (χ4n) is 1.46. The summed E-state index contributed by atoms with van der Waals surface area (Å²) in [6.45, 7) is 0. The van der Waals surface area contributed by atoms with Gasteiger partial charge >= 0.3 is 0 Å². The Bertz CT molecular complexity index is 698. The van der Waals surface area contributed by atoms with Crippen molar-refractivity contribution in [2.75, 3.05) is 5.75 Å². The normalized spacial score (nSPS) is 10.8. The number of thioether (sulfide) groups is 1. The number of benzene rings is 1. The summed E-state index contributed by atoms with van der Waals surface area (Å²) in [5.74, 6) is -0.0720. The summed E-state index contributed by atoms with van der Waals surface area (Å²) < 4.78 is 0.457. The second-order valence-electron chi connectivity index (χ2n) is 4.08. The summed E-state index contributed by atoms with van der Waals surface area (Å²) >= 11 is 10.4. The van der Waals surface area contributed by atoms with Crippen molar-refractivity contribution >= 4 is 51.4 Å². The molecule has 5 nitrogen and oxygen atoms in total. The van der Waals surface area contributed by atoms with Crippen LogP contribution >= 0.6 is 39.3 Å². The first-order chi connectivity index (χ1) is 10.6. The second kappa shape index (κ2) is 8.17. The van der Waals surface area contributed by atoms with Gasteiger partial charge in [0, 0.05) is 16.8 Å². The molecule has 0 aliphatic carbocycles. The molecule has 1 amide bonds. The van der Waals surface area contributed by atoms with Crippen LogP contribution in [0.1, 0.15) is 5.56 Å². The fourth-order valence-corrected chi connectivity index (χ4v) is 2.95. The Morgan fingerprint density at radius 3 is 3.05 bits per heavy atom. The highest BCUT2D eigenvalue weighted by atomic mass is 79.9. The Kier molecular flexibility index (Phi) is 6.23. The molecule has 0 spiro atoms. The number of hydrazone groups is 1. The van der Waals surface area contributed by atoms with Crippen LogP contribution in [-0.2, 0) is 4.79 Å². The zero-order valence-electron chi connectivity index (χ0n) is 11.2. The molecule has 0 saturated carbocycles. The van der Waals surface area contributed by atoms with Gasteiger partial charge in [-0.25, -0.2) is 10.4 Å². The Hall–Kier alpha value is -1.57. The molecule has 2 aromatic rings. The number of rotatable bonds is 5. The first kappa shape index (κ1) is 16.8. The first-order valence-corrected chi connectivity index (χ1v) is 8.25. The van der Waals surface area contributed by atoms with Crippen LogP contribution in [-0.4, -0.2) is 28.0 Å². The van der Waals surface area contributed by atoms with E-state index in [1.807, 2.05) is 18.2 Å². The maximum absolute atomic E-state index is 11.7. The van der Waals surface area contributed by atoms with Crippen molar-refractivity contribution in [2.24, 2.45) is 5.10 Å². The van der Waals surface area contributed by atoms with Crippen molar-refractivity contribution in [3.63, 3.8) is 0 Å². The Morgan fingerprint density at radius 2 is 2.32 bits per heavy atom. The third-order valence-electron chi connectivity index (χ3n) is 2.44. The predicted molar refractivity (Wildman–Crippen MR) is 91.5 cm³/mol. The lowest BCUT2D eigenvalue weighted by molar-refractivity contribution is -0.118. The lowest BCUT2D eigenvalue weighted by Crippen LogP contribution is -2.19. The maximum Gasteiger partial charge on any atom is 0.250 e. The number of carbonyl (C=O) groups is 1. The van der Waals surface area contributed by atoms with Gasteiger partial charge in [0.2, 0.25) is 5.91 Å². The van der Waals surface area contributed by atoms with E-state index in [0.717, 1.165) is 5.03 Å². The van der Waals surface area contributed by atoms with E-state index < -0.39 is 0 Å². The number of aromatic hydroxyl groups is 1. The number of phenols is 1. The highest BCUT2D eigenvalue weighted by Crippen LogP contribution is 2.30. The molecule has 2 N–H and O–H groups in total. The average molecular weight is 401 g/mol. The number of carbonyl (C=O) groups excluding carboxylic acids is 1. The fraction of sp³-hybridized carbons (Fsp3) is 0.0714. The van der Waals surface area contributed by atoms with Crippen LogP contribution in [0.2, 0.25) is 5.02 Å². The number of amides is 1. The molecule has 1 aromatic heterocycles. The summed E-state index contributed by atoms with van der Waals surface area (Å²) in [6.07, 6.45) is 2.99. The van der Waals surface area contributed by atoms with Crippen molar-refractivity contribution in [1.82, 2.24) is 10.4 Å². The van der Waals surface area contributed by atoms with E-state index in [9.17, 15) is 9.90 Å². The minimum Gasteiger partial charge on any atom is -0.506 e. The van der Waals surface area contributed by atoms with Gasteiger partial charge in [-0.2, -0.15) is 5.10 Å². The largest absolute Gasteiger partial charge is 0.506 e. The number of phenolic OH excluding ortho intramolecular Hbond substituents is 1. The van der Waals surface area contributed by atoms with Gasteiger partial charge in [-0.05, 0) is 40.2 Å². The molecule has 1 aromatic carbocycles. The zero-order chi connectivity index (χ0) is 15.9. The van der Waals surface area contributed by atoms with Gasteiger partial charge in [0.25, 0.3) is 0 Å². The number of aromatic nitrogens is 1. The van der Waals surface area contributed by atoms with Gasteiger partial charge in [-0.1, -0.05) is 29.4 Å². The van der Waals surface area contributed by atoms with Gasteiger partial charge in [-0.15, -0.1) is 0 Å². The lowest BCUT2D eigenvalue weighted by atomic mass is 10.2. The zero-order valence-corrected chi connectivity index (χ0v) is 14.3.